The molecule has 138 valence electrons. The Hall–Kier alpha value is -2.52. The summed E-state index contributed by atoms with van der Waals surface area (Å²) in [6, 6.07) is 3.78. The first-order valence-electron chi connectivity index (χ1n) is 8.90. The molecule has 0 fully saturated rings. The fraction of sp³-hybridized carbons (Fsp3) is 0.529. The van der Waals surface area contributed by atoms with Crippen LogP contribution in [0.2, 0.25) is 0 Å². The summed E-state index contributed by atoms with van der Waals surface area (Å²) in [5.41, 5.74) is 2.46. The van der Waals surface area contributed by atoms with Gasteiger partial charge in [-0.2, -0.15) is 15.2 Å². The zero-order chi connectivity index (χ0) is 18.1. The number of aryl methyl sites for hydroxylation is 3. The highest BCUT2D eigenvalue weighted by molar-refractivity contribution is 5.21. The van der Waals surface area contributed by atoms with Crippen LogP contribution in [0.4, 0.5) is 0 Å². The van der Waals surface area contributed by atoms with Gasteiger partial charge >= 0.3 is 0 Å². The first-order chi connectivity index (χ1) is 12.6. The molecule has 1 atom stereocenters. The van der Waals surface area contributed by atoms with E-state index in [9.17, 15) is 5.11 Å². The Morgan fingerprint density at radius 3 is 2.96 bits per heavy atom. The third-order valence-corrected chi connectivity index (χ3v) is 4.71. The van der Waals surface area contributed by atoms with Gasteiger partial charge in [-0.1, -0.05) is 12.1 Å². The summed E-state index contributed by atoms with van der Waals surface area (Å²) >= 11 is 0. The summed E-state index contributed by atoms with van der Waals surface area (Å²) in [5, 5.41) is 23.4. The molecule has 1 aliphatic heterocycles. The highest BCUT2D eigenvalue weighted by atomic mass is 16.5. The van der Waals surface area contributed by atoms with E-state index >= 15 is 0 Å². The second-order valence-electron chi connectivity index (χ2n) is 6.59. The van der Waals surface area contributed by atoms with Gasteiger partial charge < -0.3 is 9.63 Å². The molecule has 26 heavy (non-hydrogen) atoms. The van der Waals surface area contributed by atoms with Crippen LogP contribution in [0.25, 0.3) is 0 Å². The SMILES string of the molecule is CCc1nc(CN2CCCn3nc(C(O)c4ccnn4C)cc3C2)no1. The number of hydrogen-bond acceptors (Lipinski definition) is 7. The van der Waals surface area contributed by atoms with E-state index in [4.69, 9.17) is 4.52 Å². The maximum atomic E-state index is 10.6. The summed E-state index contributed by atoms with van der Waals surface area (Å²) in [4.78, 5) is 6.68. The Kier molecular flexibility index (Phi) is 4.56. The van der Waals surface area contributed by atoms with Crippen LogP contribution in [0.15, 0.2) is 22.9 Å². The molecule has 0 saturated heterocycles. The minimum absolute atomic E-state index is 0.647. The van der Waals surface area contributed by atoms with Crippen molar-refractivity contribution in [1.29, 1.82) is 0 Å². The van der Waals surface area contributed by atoms with Crippen molar-refractivity contribution < 1.29 is 9.63 Å². The topological polar surface area (TPSA) is 98.0 Å². The number of hydrogen-bond donors (Lipinski definition) is 1. The minimum atomic E-state index is -0.778. The van der Waals surface area contributed by atoms with Gasteiger partial charge in [-0.3, -0.25) is 14.3 Å². The van der Waals surface area contributed by atoms with Gasteiger partial charge in [0.2, 0.25) is 5.89 Å². The van der Waals surface area contributed by atoms with E-state index < -0.39 is 6.10 Å². The van der Waals surface area contributed by atoms with Gasteiger partial charge in [0.05, 0.1) is 23.6 Å². The van der Waals surface area contributed by atoms with Crippen molar-refractivity contribution in [3.8, 4) is 0 Å². The molecule has 4 rings (SSSR count). The fourth-order valence-corrected chi connectivity index (χ4v) is 3.32. The highest BCUT2D eigenvalue weighted by Crippen LogP contribution is 2.23. The van der Waals surface area contributed by atoms with Crippen LogP contribution in [0.1, 0.15) is 48.2 Å². The average molecular weight is 357 g/mol. The third kappa shape index (κ3) is 3.27. The van der Waals surface area contributed by atoms with E-state index in [2.05, 4.69) is 25.2 Å². The van der Waals surface area contributed by atoms with E-state index in [0.29, 0.717) is 24.0 Å². The normalized spacial score (nSPS) is 16.4. The molecule has 0 radical (unpaired) electrons. The minimum Gasteiger partial charge on any atom is -0.380 e. The first-order valence-corrected chi connectivity index (χ1v) is 8.90. The Labute approximate surface area is 151 Å². The molecule has 0 saturated carbocycles. The highest BCUT2D eigenvalue weighted by Gasteiger charge is 2.23. The van der Waals surface area contributed by atoms with Crippen LogP contribution >= 0.6 is 0 Å². The van der Waals surface area contributed by atoms with Gasteiger partial charge in [-0.15, -0.1) is 0 Å². The van der Waals surface area contributed by atoms with Gasteiger partial charge in [-0.05, 0) is 18.6 Å². The quantitative estimate of drug-likeness (QED) is 0.729. The van der Waals surface area contributed by atoms with E-state index in [1.54, 1.807) is 10.9 Å². The molecular weight excluding hydrogens is 334 g/mol. The molecule has 0 aromatic carbocycles. The van der Waals surface area contributed by atoms with Crippen LogP contribution in [0.3, 0.4) is 0 Å². The smallest absolute Gasteiger partial charge is 0.226 e. The van der Waals surface area contributed by atoms with Gasteiger partial charge in [-0.25, -0.2) is 0 Å². The summed E-state index contributed by atoms with van der Waals surface area (Å²) in [6.07, 6.45) is 2.62. The molecule has 3 aromatic heterocycles. The number of aliphatic hydroxyl groups excluding tert-OH is 1. The van der Waals surface area contributed by atoms with Crippen molar-refractivity contribution >= 4 is 0 Å². The van der Waals surface area contributed by atoms with Crippen LogP contribution in [-0.2, 0) is 33.1 Å². The predicted molar refractivity (Wildman–Crippen MR) is 91.9 cm³/mol. The first kappa shape index (κ1) is 16.9. The number of fused-ring (bicyclic) bond motifs is 1. The van der Waals surface area contributed by atoms with Crippen molar-refractivity contribution in [3.05, 3.63) is 47.1 Å². The standard InChI is InChI=1S/C17H23N7O2/c1-3-16-19-15(21-26-16)11-23-7-4-8-24-12(10-23)9-13(20-24)17(25)14-5-6-18-22(14)2/h5-6,9,17,25H,3-4,7-8,10-11H2,1-2H3. The molecule has 0 spiro atoms. The lowest BCUT2D eigenvalue weighted by molar-refractivity contribution is 0.203. The Balaban J connectivity index is 1.51. The van der Waals surface area contributed by atoms with Crippen molar-refractivity contribution in [2.75, 3.05) is 6.54 Å². The van der Waals surface area contributed by atoms with Crippen LogP contribution < -0.4 is 0 Å². The maximum Gasteiger partial charge on any atom is 0.226 e. The van der Waals surface area contributed by atoms with Crippen LogP contribution in [0, 0.1) is 0 Å². The van der Waals surface area contributed by atoms with Gasteiger partial charge in [0.1, 0.15) is 6.10 Å². The fourth-order valence-electron chi connectivity index (χ4n) is 3.32. The predicted octanol–water partition coefficient (Wildman–Crippen LogP) is 1.05. The maximum absolute atomic E-state index is 10.6. The Bertz CT molecular complexity index is 881. The second-order valence-corrected chi connectivity index (χ2v) is 6.59. The van der Waals surface area contributed by atoms with Crippen molar-refractivity contribution in [3.63, 3.8) is 0 Å². The Morgan fingerprint density at radius 1 is 1.35 bits per heavy atom. The molecule has 1 N–H and O–H groups in total. The van der Waals surface area contributed by atoms with E-state index in [-0.39, 0.29) is 0 Å². The molecule has 0 aliphatic carbocycles. The average Bonchev–Trinajstić information content (AvgIpc) is 3.33. The Morgan fingerprint density at radius 2 is 2.23 bits per heavy atom. The van der Waals surface area contributed by atoms with Gasteiger partial charge in [0.15, 0.2) is 5.82 Å². The zero-order valence-corrected chi connectivity index (χ0v) is 15.0. The van der Waals surface area contributed by atoms with Gasteiger partial charge in [0.25, 0.3) is 0 Å². The number of aliphatic hydroxyl groups is 1. The lowest BCUT2D eigenvalue weighted by Crippen LogP contribution is -2.23. The van der Waals surface area contributed by atoms with Crippen molar-refractivity contribution in [1.82, 2.24) is 34.6 Å². The second kappa shape index (κ2) is 7.00. The largest absolute Gasteiger partial charge is 0.380 e. The van der Waals surface area contributed by atoms with Crippen LogP contribution in [-0.4, -0.2) is 46.3 Å². The summed E-state index contributed by atoms with van der Waals surface area (Å²) in [5.74, 6) is 1.38. The van der Waals surface area contributed by atoms with Crippen LogP contribution in [0.5, 0.6) is 0 Å². The molecule has 9 nitrogen and oxygen atoms in total. The number of aromatic nitrogens is 6. The number of nitrogens with zero attached hydrogens (tertiary/aromatic N) is 7. The van der Waals surface area contributed by atoms with Gasteiger partial charge in [0, 0.05) is 39.3 Å². The van der Waals surface area contributed by atoms with Crippen molar-refractivity contribution in [2.45, 2.75) is 45.5 Å². The molecule has 1 aliphatic rings. The molecular formula is C17H23N7O2. The number of rotatable bonds is 5. The zero-order valence-electron chi connectivity index (χ0n) is 15.0. The third-order valence-electron chi connectivity index (χ3n) is 4.71. The van der Waals surface area contributed by atoms with Crippen molar-refractivity contribution in [2.24, 2.45) is 7.05 Å². The van der Waals surface area contributed by atoms with E-state index in [1.807, 2.05) is 30.8 Å². The molecule has 3 aromatic rings. The van der Waals surface area contributed by atoms with E-state index in [0.717, 1.165) is 43.9 Å². The lowest BCUT2D eigenvalue weighted by Gasteiger charge is -2.16. The summed E-state index contributed by atoms with van der Waals surface area (Å²) in [7, 11) is 1.82. The molecule has 1 unspecified atom stereocenters. The molecule has 0 bridgehead atoms. The van der Waals surface area contributed by atoms with E-state index in [1.165, 1.54) is 0 Å². The monoisotopic (exact) mass is 357 g/mol. The summed E-state index contributed by atoms with van der Waals surface area (Å²) in [6.45, 7) is 5.15. The molecule has 0 amide bonds. The molecule has 9 heteroatoms. The lowest BCUT2D eigenvalue weighted by atomic mass is 10.2. The molecule has 4 heterocycles. The summed E-state index contributed by atoms with van der Waals surface area (Å²) < 4.78 is 8.86.